The van der Waals surface area contributed by atoms with Crippen LogP contribution in [-0.4, -0.2) is 32.4 Å². The van der Waals surface area contributed by atoms with Crippen LogP contribution in [0, 0.1) is 0 Å². The van der Waals surface area contributed by atoms with E-state index in [1.807, 2.05) is 12.3 Å². The average molecular weight is 325 g/mol. The van der Waals surface area contributed by atoms with Gasteiger partial charge in [0.25, 0.3) is 0 Å². The summed E-state index contributed by atoms with van der Waals surface area (Å²) in [6.07, 6.45) is 6.52. The molecule has 0 bridgehead atoms. The van der Waals surface area contributed by atoms with Crippen LogP contribution >= 0.6 is 0 Å². The van der Waals surface area contributed by atoms with Crippen LogP contribution in [0.15, 0.2) is 23.1 Å². The number of H-pyrrole nitrogens is 1. The molecule has 0 saturated heterocycles. The highest BCUT2D eigenvalue weighted by Crippen LogP contribution is 2.29. The highest BCUT2D eigenvalue weighted by Gasteiger charge is 2.28. The number of rotatable bonds is 5. The van der Waals surface area contributed by atoms with Crippen molar-refractivity contribution in [2.45, 2.75) is 39.2 Å². The molecule has 0 amide bonds. The Morgan fingerprint density at radius 2 is 2.33 bits per heavy atom. The third-order valence-corrected chi connectivity index (χ3v) is 4.48. The number of anilines is 1. The second kappa shape index (κ2) is 6.07. The minimum atomic E-state index is 0.0678. The van der Waals surface area contributed by atoms with Gasteiger partial charge in [-0.1, -0.05) is 18.5 Å². The minimum Gasteiger partial charge on any atom is -0.360 e. The van der Waals surface area contributed by atoms with Gasteiger partial charge in [-0.15, -0.1) is 0 Å². The van der Waals surface area contributed by atoms with E-state index in [1.165, 1.54) is 0 Å². The highest BCUT2D eigenvalue weighted by atomic mass is 16.5. The molecule has 0 spiro atoms. The molecule has 1 aliphatic heterocycles. The van der Waals surface area contributed by atoms with E-state index in [2.05, 4.69) is 31.9 Å². The van der Waals surface area contributed by atoms with Crippen LogP contribution in [0.3, 0.4) is 0 Å². The first-order valence-electron chi connectivity index (χ1n) is 8.31. The number of carbonyl (C=O) groups is 1. The molecule has 4 heterocycles. The predicted octanol–water partition coefficient (Wildman–Crippen LogP) is 2.88. The number of ketones is 1. The molecule has 0 fully saturated rings. The predicted molar refractivity (Wildman–Crippen MR) is 89.0 cm³/mol. The second-order valence-electron chi connectivity index (χ2n) is 6.07. The first-order chi connectivity index (χ1) is 11.8. The lowest BCUT2D eigenvalue weighted by atomic mass is 10.0. The van der Waals surface area contributed by atoms with Crippen molar-refractivity contribution in [2.75, 3.05) is 11.4 Å². The number of Topliss-reactive ketones (excluding diaryl/α,β-unsaturated/α-hetero) is 1. The van der Waals surface area contributed by atoms with Crippen molar-refractivity contribution in [1.29, 1.82) is 0 Å². The maximum atomic E-state index is 12.4. The molecular weight excluding hydrogens is 306 g/mol. The van der Waals surface area contributed by atoms with Crippen molar-refractivity contribution in [3.8, 4) is 0 Å². The van der Waals surface area contributed by atoms with Gasteiger partial charge in [-0.3, -0.25) is 4.79 Å². The molecule has 0 atom stereocenters. The van der Waals surface area contributed by atoms with E-state index in [0.717, 1.165) is 54.0 Å². The number of nitrogens with zero attached hydrogens (tertiary/aromatic N) is 4. The topological polar surface area (TPSA) is 87.9 Å². The number of nitrogens with one attached hydrogen (secondary N) is 1. The van der Waals surface area contributed by atoms with Crippen molar-refractivity contribution in [2.24, 2.45) is 0 Å². The normalized spacial score (nSPS) is 14.1. The van der Waals surface area contributed by atoms with Crippen LogP contribution in [0.4, 0.5) is 5.82 Å². The average Bonchev–Trinajstić information content (AvgIpc) is 3.25. The van der Waals surface area contributed by atoms with Crippen LogP contribution < -0.4 is 4.90 Å². The lowest BCUT2D eigenvalue weighted by Crippen LogP contribution is -2.31. The maximum absolute atomic E-state index is 12.4. The Morgan fingerprint density at radius 3 is 3.21 bits per heavy atom. The fourth-order valence-corrected chi connectivity index (χ4v) is 3.18. The number of fused-ring (bicyclic) bond motifs is 2. The van der Waals surface area contributed by atoms with Crippen molar-refractivity contribution in [3.63, 3.8) is 0 Å². The van der Waals surface area contributed by atoms with E-state index in [1.54, 1.807) is 6.33 Å². The standard InChI is InChI=1S/C17H19N5O2/c1-2-3-4-13(23)15-12-9-22(8-6-14(12)24-21-15)17-11-5-7-18-16(11)19-10-20-17/h5,7,10H,2-4,6,8-9H2,1H3,(H,18,19,20). The Kier molecular flexibility index (Phi) is 3.76. The zero-order valence-electron chi connectivity index (χ0n) is 13.6. The van der Waals surface area contributed by atoms with Crippen molar-refractivity contribution < 1.29 is 9.32 Å². The van der Waals surface area contributed by atoms with Gasteiger partial charge in [0.15, 0.2) is 11.5 Å². The fourth-order valence-electron chi connectivity index (χ4n) is 3.18. The Morgan fingerprint density at radius 1 is 1.42 bits per heavy atom. The van der Waals surface area contributed by atoms with Gasteiger partial charge in [-0.2, -0.15) is 0 Å². The van der Waals surface area contributed by atoms with Crippen molar-refractivity contribution in [3.05, 3.63) is 35.6 Å². The highest BCUT2D eigenvalue weighted by molar-refractivity contribution is 5.96. The molecular formula is C17H19N5O2. The van der Waals surface area contributed by atoms with Gasteiger partial charge in [0.1, 0.15) is 23.6 Å². The third-order valence-electron chi connectivity index (χ3n) is 4.48. The molecule has 0 unspecified atom stereocenters. The molecule has 0 radical (unpaired) electrons. The lowest BCUT2D eigenvalue weighted by molar-refractivity contribution is 0.0970. The molecule has 3 aromatic heterocycles. The van der Waals surface area contributed by atoms with E-state index < -0.39 is 0 Å². The Labute approximate surface area is 139 Å². The van der Waals surface area contributed by atoms with E-state index in [9.17, 15) is 4.79 Å². The van der Waals surface area contributed by atoms with Crippen LogP contribution in [0.1, 0.15) is 48.0 Å². The fraction of sp³-hybridized carbons (Fsp3) is 0.412. The summed E-state index contributed by atoms with van der Waals surface area (Å²) in [6, 6.07) is 1.97. The molecule has 4 rings (SSSR count). The first kappa shape index (κ1) is 14.9. The zero-order valence-corrected chi connectivity index (χ0v) is 13.6. The first-order valence-corrected chi connectivity index (χ1v) is 8.31. The number of hydrogen-bond donors (Lipinski definition) is 1. The Hall–Kier alpha value is -2.70. The molecule has 7 heteroatoms. The van der Waals surface area contributed by atoms with E-state index in [4.69, 9.17) is 4.52 Å². The lowest BCUT2D eigenvalue weighted by Gasteiger charge is -2.27. The number of carbonyl (C=O) groups excluding carboxylic acids is 1. The monoisotopic (exact) mass is 325 g/mol. The summed E-state index contributed by atoms with van der Waals surface area (Å²) in [7, 11) is 0. The minimum absolute atomic E-state index is 0.0678. The van der Waals surface area contributed by atoms with E-state index in [-0.39, 0.29) is 5.78 Å². The molecule has 1 aliphatic rings. The van der Waals surface area contributed by atoms with Gasteiger partial charge in [-0.25, -0.2) is 9.97 Å². The Balaban J connectivity index is 1.65. The van der Waals surface area contributed by atoms with Gasteiger partial charge in [0.05, 0.1) is 11.9 Å². The van der Waals surface area contributed by atoms with Gasteiger partial charge < -0.3 is 14.4 Å². The summed E-state index contributed by atoms with van der Waals surface area (Å²) in [5, 5.41) is 5.02. The van der Waals surface area contributed by atoms with Crippen LogP contribution in [0.2, 0.25) is 0 Å². The summed E-state index contributed by atoms with van der Waals surface area (Å²) < 4.78 is 5.41. The van der Waals surface area contributed by atoms with Crippen molar-refractivity contribution in [1.82, 2.24) is 20.1 Å². The third kappa shape index (κ3) is 2.46. The van der Waals surface area contributed by atoms with Gasteiger partial charge in [0, 0.05) is 31.1 Å². The molecule has 1 N–H and O–H groups in total. The summed E-state index contributed by atoms with van der Waals surface area (Å²) in [6.45, 7) is 3.44. The number of aromatic amines is 1. The molecule has 24 heavy (non-hydrogen) atoms. The largest absolute Gasteiger partial charge is 0.360 e. The number of hydrogen-bond acceptors (Lipinski definition) is 6. The second-order valence-corrected chi connectivity index (χ2v) is 6.07. The van der Waals surface area contributed by atoms with Crippen molar-refractivity contribution >= 4 is 22.6 Å². The molecule has 7 nitrogen and oxygen atoms in total. The SMILES string of the molecule is CCCCC(=O)c1noc2c1CN(c1ncnc3[nH]ccc13)CC2. The van der Waals surface area contributed by atoms with Gasteiger partial charge >= 0.3 is 0 Å². The molecule has 0 saturated carbocycles. The quantitative estimate of drug-likeness (QED) is 0.726. The van der Waals surface area contributed by atoms with E-state index in [0.29, 0.717) is 18.7 Å². The summed E-state index contributed by atoms with van der Waals surface area (Å²) in [4.78, 5) is 26.3. The number of aromatic nitrogens is 4. The summed E-state index contributed by atoms with van der Waals surface area (Å²) in [5.74, 6) is 1.77. The summed E-state index contributed by atoms with van der Waals surface area (Å²) in [5.41, 5.74) is 2.21. The molecule has 124 valence electrons. The molecule has 0 aromatic carbocycles. The van der Waals surface area contributed by atoms with Gasteiger partial charge in [-0.05, 0) is 12.5 Å². The molecule has 0 aliphatic carbocycles. The zero-order chi connectivity index (χ0) is 16.5. The van der Waals surface area contributed by atoms with Gasteiger partial charge in [0.2, 0.25) is 0 Å². The molecule has 3 aromatic rings. The van der Waals surface area contributed by atoms with Crippen LogP contribution in [-0.2, 0) is 13.0 Å². The Bertz CT molecular complexity index is 882. The smallest absolute Gasteiger partial charge is 0.185 e. The van der Waals surface area contributed by atoms with E-state index >= 15 is 0 Å². The number of unbranched alkanes of at least 4 members (excludes halogenated alkanes) is 1. The summed E-state index contributed by atoms with van der Waals surface area (Å²) >= 11 is 0. The van der Waals surface area contributed by atoms with Crippen LogP contribution in [0.5, 0.6) is 0 Å². The maximum Gasteiger partial charge on any atom is 0.185 e. The van der Waals surface area contributed by atoms with Crippen LogP contribution in [0.25, 0.3) is 11.0 Å².